The van der Waals surface area contributed by atoms with Crippen LogP contribution in [0.3, 0.4) is 0 Å². The summed E-state index contributed by atoms with van der Waals surface area (Å²) in [6, 6.07) is -0.619. The van der Waals surface area contributed by atoms with E-state index in [0.717, 1.165) is 25.7 Å². The van der Waals surface area contributed by atoms with Crippen molar-refractivity contribution in [2.75, 3.05) is 6.61 Å². The summed E-state index contributed by atoms with van der Waals surface area (Å²) < 4.78 is 0. The molecule has 3 N–H and O–H groups in total. The predicted octanol–water partition coefficient (Wildman–Crippen LogP) is 22.0. The van der Waals surface area contributed by atoms with Crippen molar-refractivity contribution >= 4 is 5.91 Å². The first-order chi connectivity index (χ1) is 34.7. The number of nitrogens with one attached hydrogen (secondary N) is 1. The summed E-state index contributed by atoms with van der Waals surface area (Å²) in [4.78, 5) is 12.5. The molecule has 0 saturated heterocycles. The Balaban J connectivity index is 3.40. The van der Waals surface area contributed by atoms with Gasteiger partial charge in [0.2, 0.25) is 5.91 Å². The lowest BCUT2D eigenvalue weighted by Gasteiger charge is -2.20. The molecule has 0 rings (SSSR count). The van der Waals surface area contributed by atoms with Gasteiger partial charge in [-0.1, -0.05) is 373 Å². The van der Waals surface area contributed by atoms with Crippen molar-refractivity contribution in [2.24, 2.45) is 0 Å². The van der Waals surface area contributed by atoms with Crippen molar-refractivity contribution in [3.63, 3.8) is 0 Å². The number of aliphatic hydroxyl groups excluding tert-OH is 2. The van der Waals surface area contributed by atoms with Gasteiger partial charge in [0.15, 0.2) is 0 Å². The van der Waals surface area contributed by atoms with Crippen LogP contribution >= 0.6 is 0 Å². The van der Waals surface area contributed by atoms with E-state index in [9.17, 15) is 15.0 Å². The van der Waals surface area contributed by atoms with Crippen molar-refractivity contribution < 1.29 is 15.0 Å². The zero-order chi connectivity index (χ0) is 50.6. The molecule has 0 aromatic rings. The number of aliphatic hydroxyl groups is 2. The summed E-state index contributed by atoms with van der Waals surface area (Å²) in [5.74, 6) is -0.0539. The fourth-order valence-electron chi connectivity index (χ4n) is 10.8. The number of carbonyl (C=O) groups is 1. The number of allylic oxidation sites excluding steroid dienone is 1. The maximum atomic E-state index is 12.5. The van der Waals surface area contributed by atoms with Crippen LogP contribution in [0.1, 0.15) is 386 Å². The van der Waals surface area contributed by atoms with Crippen LogP contribution in [-0.4, -0.2) is 34.9 Å². The number of carbonyl (C=O) groups excluding carboxylic acids is 1. The molecule has 0 bridgehead atoms. The largest absolute Gasteiger partial charge is 0.394 e. The highest BCUT2D eigenvalue weighted by atomic mass is 16.3. The molecule has 0 saturated carbocycles. The maximum Gasteiger partial charge on any atom is 0.220 e. The first-order valence-electron chi connectivity index (χ1n) is 32.9. The van der Waals surface area contributed by atoms with Gasteiger partial charge in [-0.25, -0.2) is 0 Å². The molecule has 70 heavy (non-hydrogen) atoms. The van der Waals surface area contributed by atoms with Crippen molar-refractivity contribution in [1.82, 2.24) is 5.32 Å². The number of amides is 1. The monoisotopic (exact) mass is 986 g/mol. The van der Waals surface area contributed by atoms with Gasteiger partial charge in [-0.2, -0.15) is 0 Å². The topological polar surface area (TPSA) is 69.6 Å². The van der Waals surface area contributed by atoms with Gasteiger partial charge in [-0.3, -0.25) is 4.79 Å². The van der Waals surface area contributed by atoms with Gasteiger partial charge in [0.1, 0.15) is 0 Å². The van der Waals surface area contributed by atoms with E-state index in [2.05, 4.69) is 19.2 Å². The van der Waals surface area contributed by atoms with Crippen LogP contribution in [0.15, 0.2) is 12.2 Å². The molecule has 2 unspecified atom stereocenters. The Morgan fingerprint density at radius 2 is 0.529 bits per heavy atom. The zero-order valence-corrected chi connectivity index (χ0v) is 48.3. The van der Waals surface area contributed by atoms with E-state index in [-0.39, 0.29) is 12.5 Å². The van der Waals surface area contributed by atoms with Crippen molar-refractivity contribution in [3.05, 3.63) is 12.2 Å². The molecule has 2 atom stereocenters. The predicted molar refractivity (Wildman–Crippen MR) is 313 cm³/mol. The van der Waals surface area contributed by atoms with Crippen molar-refractivity contribution in [1.29, 1.82) is 0 Å². The van der Waals surface area contributed by atoms with E-state index in [4.69, 9.17) is 0 Å². The second-order valence-electron chi connectivity index (χ2n) is 22.9. The summed E-state index contributed by atoms with van der Waals surface area (Å²) in [6.07, 6.45) is 82.9. The Hall–Kier alpha value is -0.870. The number of unbranched alkanes of at least 4 members (excludes halogenated alkanes) is 55. The summed E-state index contributed by atoms with van der Waals surface area (Å²) in [5.41, 5.74) is 0. The van der Waals surface area contributed by atoms with Gasteiger partial charge in [-0.15, -0.1) is 0 Å². The Morgan fingerprint density at radius 1 is 0.329 bits per heavy atom. The normalized spacial score (nSPS) is 12.7. The van der Waals surface area contributed by atoms with Gasteiger partial charge in [-0.05, 0) is 19.3 Å². The minimum atomic E-state index is -0.837. The number of hydrogen-bond donors (Lipinski definition) is 3. The lowest BCUT2D eigenvalue weighted by molar-refractivity contribution is -0.123. The van der Waals surface area contributed by atoms with Gasteiger partial charge in [0.25, 0.3) is 0 Å². The minimum Gasteiger partial charge on any atom is -0.394 e. The van der Waals surface area contributed by atoms with E-state index in [1.165, 1.54) is 340 Å². The zero-order valence-electron chi connectivity index (χ0n) is 48.3. The Morgan fingerprint density at radius 3 is 0.743 bits per heavy atom. The fourth-order valence-corrected chi connectivity index (χ4v) is 10.8. The molecule has 4 nitrogen and oxygen atoms in total. The summed E-state index contributed by atoms with van der Waals surface area (Å²) >= 11 is 0. The molecule has 0 heterocycles. The second kappa shape index (κ2) is 62.4. The molecule has 0 aliphatic heterocycles. The average molecular weight is 987 g/mol. The van der Waals surface area contributed by atoms with E-state index in [0.29, 0.717) is 6.42 Å². The highest BCUT2D eigenvalue weighted by molar-refractivity contribution is 5.76. The number of rotatable bonds is 62. The van der Waals surface area contributed by atoms with Gasteiger partial charge >= 0.3 is 0 Å². The van der Waals surface area contributed by atoms with Crippen LogP contribution in [-0.2, 0) is 4.79 Å². The maximum absolute atomic E-state index is 12.5. The van der Waals surface area contributed by atoms with Crippen LogP contribution in [0.5, 0.6) is 0 Å². The van der Waals surface area contributed by atoms with E-state index in [1.807, 2.05) is 6.08 Å². The third kappa shape index (κ3) is 58.0. The Bertz CT molecular complexity index is 982. The lowest BCUT2D eigenvalue weighted by Crippen LogP contribution is -2.45. The molecule has 0 aromatic heterocycles. The number of hydrogen-bond acceptors (Lipinski definition) is 3. The Labute approximate surface area is 441 Å². The highest BCUT2D eigenvalue weighted by Crippen LogP contribution is 2.19. The first kappa shape index (κ1) is 69.1. The smallest absolute Gasteiger partial charge is 0.220 e. The molecule has 4 heteroatoms. The third-order valence-corrected chi connectivity index (χ3v) is 15.8. The fraction of sp³-hybridized carbons (Fsp3) is 0.955. The molecule has 418 valence electrons. The SMILES string of the molecule is CCCCCCCCCCCCCCCCCCCCCCCCCCCCCCCCC/C=C/C(O)C(CO)NC(=O)CCCCCCCCCCCCCCCCCCCCCCCCCCC. The van der Waals surface area contributed by atoms with Crippen LogP contribution < -0.4 is 5.32 Å². The summed E-state index contributed by atoms with van der Waals surface area (Å²) in [7, 11) is 0. The van der Waals surface area contributed by atoms with Crippen LogP contribution in [0.4, 0.5) is 0 Å². The molecule has 0 aliphatic rings. The molecular weight excluding hydrogens is 855 g/mol. The molecule has 0 spiro atoms. The van der Waals surface area contributed by atoms with E-state index in [1.54, 1.807) is 6.08 Å². The summed E-state index contributed by atoms with van der Waals surface area (Å²) in [5, 5.41) is 23.3. The van der Waals surface area contributed by atoms with Crippen LogP contribution in [0.2, 0.25) is 0 Å². The standard InChI is InChI=1S/C66H131NO3/c1-3-5-7-9-11-13-15-17-19-21-23-25-27-29-30-31-32-33-34-35-36-38-39-41-43-45-47-49-51-53-55-57-59-61-65(69)64(63-68)67-66(70)62-60-58-56-54-52-50-48-46-44-42-40-37-28-26-24-22-20-18-16-14-12-10-8-6-4-2/h59,61,64-65,68-69H,3-58,60,62-63H2,1-2H3,(H,67,70)/b61-59+. The lowest BCUT2D eigenvalue weighted by atomic mass is 10.0. The van der Waals surface area contributed by atoms with Crippen LogP contribution in [0, 0.1) is 0 Å². The molecule has 0 aromatic carbocycles. The molecule has 0 radical (unpaired) electrons. The van der Waals surface area contributed by atoms with Crippen molar-refractivity contribution in [3.8, 4) is 0 Å². The van der Waals surface area contributed by atoms with E-state index >= 15 is 0 Å². The second-order valence-corrected chi connectivity index (χ2v) is 22.9. The van der Waals surface area contributed by atoms with Crippen LogP contribution in [0.25, 0.3) is 0 Å². The minimum absolute atomic E-state index is 0.0539. The third-order valence-electron chi connectivity index (χ3n) is 15.8. The summed E-state index contributed by atoms with van der Waals surface area (Å²) in [6.45, 7) is 4.37. The van der Waals surface area contributed by atoms with Gasteiger partial charge in [0.05, 0.1) is 18.8 Å². The average Bonchev–Trinajstić information content (AvgIpc) is 3.36. The quantitative estimate of drug-likeness (QED) is 0.0420. The molecular formula is C66H131NO3. The highest BCUT2D eigenvalue weighted by Gasteiger charge is 2.18. The Kier molecular flexibility index (Phi) is 61.6. The van der Waals surface area contributed by atoms with Gasteiger partial charge in [0, 0.05) is 6.42 Å². The molecule has 1 amide bonds. The first-order valence-corrected chi connectivity index (χ1v) is 32.9. The molecule has 0 aliphatic carbocycles. The van der Waals surface area contributed by atoms with E-state index < -0.39 is 12.1 Å². The van der Waals surface area contributed by atoms with Gasteiger partial charge < -0.3 is 15.5 Å². The van der Waals surface area contributed by atoms with Crippen molar-refractivity contribution in [2.45, 2.75) is 398 Å². The molecule has 0 fully saturated rings.